The third kappa shape index (κ3) is 1.67. The van der Waals surface area contributed by atoms with Crippen LogP contribution in [0, 0.1) is 0 Å². The van der Waals surface area contributed by atoms with Gasteiger partial charge in [-0.1, -0.05) is 30.3 Å². The number of carbonyl (C=O) groups excluding carboxylic acids is 2. The van der Waals surface area contributed by atoms with Crippen LogP contribution in [-0.2, 0) is 6.54 Å². The molecule has 4 amide bonds. The molecule has 1 aromatic rings. The summed E-state index contributed by atoms with van der Waals surface area (Å²) in [5.41, 5.74) is 1.03. The van der Waals surface area contributed by atoms with E-state index in [1.54, 1.807) is 4.90 Å². The van der Waals surface area contributed by atoms with E-state index in [0.29, 0.717) is 6.54 Å². The van der Waals surface area contributed by atoms with Gasteiger partial charge in [0.2, 0.25) is 0 Å². The lowest BCUT2D eigenvalue weighted by Crippen LogP contribution is -2.42. The van der Waals surface area contributed by atoms with Gasteiger partial charge in [0, 0.05) is 6.54 Å². The Morgan fingerprint density at radius 3 is 2.59 bits per heavy atom. The van der Waals surface area contributed by atoms with Crippen LogP contribution in [0.4, 0.5) is 9.59 Å². The number of hydrogen-bond acceptors (Lipinski definition) is 2. The van der Waals surface area contributed by atoms with Crippen molar-refractivity contribution in [2.75, 3.05) is 0 Å². The molecule has 2 saturated heterocycles. The van der Waals surface area contributed by atoms with Crippen molar-refractivity contribution in [2.24, 2.45) is 0 Å². The third-order valence-corrected chi connectivity index (χ3v) is 2.95. The minimum Gasteiger partial charge on any atom is -0.314 e. The van der Waals surface area contributed by atoms with E-state index in [1.165, 1.54) is 0 Å². The number of benzene rings is 1. The summed E-state index contributed by atoms with van der Waals surface area (Å²) in [5, 5.41) is 8.06. The van der Waals surface area contributed by atoms with Gasteiger partial charge in [-0.25, -0.2) is 9.59 Å². The average Bonchev–Trinajstić information content (AvgIpc) is 2.79. The average molecular weight is 232 g/mol. The summed E-state index contributed by atoms with van der Waals surface area (Å²) >= 11 is 0. The number of nitrogens with zero attached hydrogens (tertiary/aromatic N) is 1. The van der Waals surface area contributed by atoms with Crippen LogP contribution in [0.25, 0.3) is 0 Å². The SMILES string of the molecule is O=C1N[C@@H]2NC(=O)N(Cc3ccccc3)[C@@H]2N1. The van der Waals surface area contributed by atoms with Crippen LogP contribution in [0.3, 0.4) is 0 Å². The number of amides is 4. The van der Waals surface area contributed by atoms with E-state index in [4.69, 9.17) is 0 Å². The molecule has 0 unspecified atom stereocenters. The molecule has 3 rings (SSSR count). The molecule has 0 aliphatic carbocycles. The van der Waals surface area contributed by atoms with E-state index in [2.05, 4.69) is 16.0 Å². The molecule has 88 valence electrons. The van der Waals surface area contributed by atoms with Crippen LogP contribution < -0.4 is 16.0 Å². The van der Waals surface area contributed by atoms with Gasteiger partial charge in [0.15, 0.2) is 0 Å². The number of hydrogen-bond donors (Lipinski definition) is 3. The zero-order valence-corrected chi connectivity index (χ0v) is 9.01. The summed E-state index contributed by atoms with van der Waals surface area (Å²) in [6.07, 6.45) is -0.645. The van der Waals surface area contributed by atoms with Crippen molar-refractivity contribution in [3.8, 4) is 0 Å². The second kappa shape index (κ2) is 3.65. The number of rotatable bonds is 2. The third-order valence-electron chi connectivity index (χ3n) is 2.95. The van der Waals surface area contributed by atoms with Gasteiger partial charge in [-0.15, -0.1) is 0 Å². The van der Waals surface area contributed by atoms with Crippen molar-refractivity contribution >= 4 is 12.1 Å². The van der Waals surface area contributed by atoms with E-state index in [0.717, 1.165) is 5.56 Å². The Balaban J connectivity index is 1.78. The van der Waals surface area contributed by atoms with Gasteiger partial charge in [-0.3, -0.25) is 4.90 Å². The van der Waals surface area contributed by atoms with E-state index in [9.17, 15) is 9.59 Å². The molecular formula is C11H12N4O2. The molecule has 2 heterocycles. The highest BCUT2D eigenvalue weighted by molar-refractivity contribution is 5.84. The Morgan fingerprint density at radius 1 is 1.06 bits per heavy atom. The fraction of sp³-hybridized carbons (Fsp3) is 0.273. The van der Waals surface area contributed by atoms with Gasteiger partial charge in [-0.2, -0.15) is 0 Å². The lowest BCUT2D eigenvalue weighted by molar-refractivity contribution is 0.192. The van der Waals surface area contributed by atoms with Crippen molar-refractivity contribution in [2.45, 2.75) is 18.9 Å². The number of fused-ring (bicyclic) bond motifs is 1. The number of carbonyl (C=O) groups is 2. The van der Waals surface area contributed by atoms with Crippen molar-refractivity contribution < 1.29 is 9.59 Å². The second-order valence-electron chi connectivity index (χ2n) is 4.10. The minimum atomic E-state index is -0.335. The van der Waals surface area contributed by atoms with Gasteiger partial charge in [0.05, 0.1) is 0 Å². The van der Waals surface area contributed by atoms with E-state index < -0.39 is 0 Å². The van der Waals surface area contributed by atoms with Crippen LogP contribution in [0.2, 0.25) is 0 Å². The smallest absolute Gasteiger partial charge is 0.314 e. The molecule has 2 aliphatic rings. The Kier molecular flexibility index (Phi) is 2.14. The highest BCUT2D eigenvalue weighted by Gasteiger charge is 2.45. The van der Waals surface area contributed by atoms with Crippen molar-refractivity contribution in [1.82, 2.24) is 20.9 Å². The van der Waals surface area contributed by atoms with Crippen LogP contribution in [0.1, 0.15) is 5.56 Å². The summed E-state index contributed by atoms with van der Waals surface area (Å²) in [4.78, 5) is 24.5. The van der Waals surface area contributed by atoms with Gasteiger partial charge in [-0.05, 0) is 5.56 Å². The molecule has 6 heteroatoms. The Hall–Kier alpha value is -2.24. The highest BCUT2D eigenvalue weighted by atomic mass is 16.2. The molecular weight excluding hydrogens is 220 g/mol. The molecule has 0 aromatic heterocycles. The first-order chi connectivity index (χ1) is 8.24. The van der Waals surface area contributed by atoms with Gasteiger partial charge in [0.1, 0.15) is 12.3 Å². The lowest BCUT2D eigenvalue weighted by Gasteiger charge is -2.21. The first-order valence-corrected chi connectivity index (χ1v) is 5.42. The lowest BCUT2D eigenvalue weighted by atomic mass is 10.2. The Labute approximate surface area is 98.0 Å². The molecule has 3 N–H and O–H groups in total. The first kappa shape index (κ1) is 9.95. The Bertz CT molecular complexity index is 462. The van der Waals surface area contributed by atoms with E-state index in [1.807, 2.05) is 30.3 Å². The number of urea groups is 2. The predicted molar refractivity (Wildman–Crippen MR) is 59.8 cm³/mol. The quantitative estimate of drug-likeness (QED) is 0.680. The van der Waals surface area contributed by atoms with E-state index >= 15 is 0 Å². The first-order valence-electron chi connectivity index (χ1n) is 5.42. The van der Waals surface area contributed by atoms with Crippen LogP contribution in [0.15, 0.2) is 30.3 Å². The Morgan fingerprint density at radius 2 is 1.82 bits per heavy atom. The van der Waals surface area contributed by atoms with Gasteiger partial charge >= 0.3 is 12.1 Å². The van der Waals surface area contributed by atoms with Gasteiger partial charge in [0.25, 0.3) is 0 Å². The molecule has 0 saturated carbocycles. The normalized spacial score (nSPS) is 26.2. The summed E-state index contributed by atoms with van der Waals surface area (Å²) in [5.74, 6) is 0. The highest BCUT2D eigenvalue weighted by Crippen LogP contribution is 2.17. The zero-order chi connectivity index (χ0) is 11.8. The maximum Gasteiger partial charge on any atom is 0.321 e. The molecule has 2 atom stereocenters. The summed E-state index contributed by atoms with van der Waals surface area (Å²) in [6, 6.07) is 9.25. The van der Waals surface area contributed by atoms with Crippen molar-refractivity contribution in [1.29, 1.82) is 0 Å². The van der Waals surface area contributed by atoms with Crippen LogP contribution in [0.5, 0.6) is 0 Å². The molecule has 1 aromatic carbocycles. The molecule has 2 aliphatic heterocycles. The van der Waals surface area contributed by atoms with Gasteiger partial charge < -0.3 is 16.0 Å². The standard InChI is InChI=1S/C11H12N4O2/c16-10-12-8-9(14-10)15(11(17)13-8)6-7-4-2-1-3-5-7/h1-5,8-9H,6H2,(H,13,17)(H2,12,14,16)/t8-,9+/m1/s1. The maximum atomic E-state index is 11.7. The predicted octanol–water partition coefficient (Wildman–Crippen LogP) is 0.177. The van der Waals surface area contributed by atoms with E-state index in [-0.39, 0.29) is 24.4 Å². The molecule has 6 nitrogen and oxygen atoms in total. The monoisotopic (exact) mass is 232 g/mol. The summed E-state index contributed by atoms with van der Waals surface area (Å²) in [7, 11) is 0. The topological polar surface area (TPSA) is 73.5 Å². The molecule has 17 heavy (non-hydrogen) atoms. The molecule has 0 radical (unpaired) electrons. The number of nitrogens with one attached hydrogen (secondary N) is 3. The molecule has 0 bridgehead atoms. The summed E-state index contributed by atoms with van der Waals surface area (Å²) < 4.78 is 0. The van der Waals surface area contributed by atoms with Crippen LogP contribution in [-0.4, -0.2) is 29.3 Å². The second-order valence-corrected chi connectivity index (χ2v) is 4.10. The van der Waals surface area contributed by atoms with Crippen LogP contribution >= 0.6 is 0 Å². The zero-order valence-electron chi connectivity index (χ0n) is 9.01. The fourth-order valence-corrected chi connectivity index (χ4v) is 2.14. The fourth-order valence-electron chi connectivity index (χ4n) is 2.14. The molecule has 2 fully saturated rings. The molecule has 0 spiro atoms. The maximum absolute atomic E-state index is 11.7. The largest absolute Gasteiger partial charge is 0.321 e. The summed E-state index contributed by atoms with van der Waals surface area (Å²) in [6.45, 7) is 0.482. The van der Waals surface area contributed by atoms with Crippen molar-refractivity contribution in [3.05, 3.63) is 35.9 Å². The van der Waals surface area contributed by atoms with Crippen molar-refractivity contribution in [3.63, 3.8) is 0 Å². The minimum absolute atomic E-state index is 0.170.